The van der Waals surface area contributed by atoms with Crippen LogP contribution < -0.4 is 4.52 Å². The van der Waals surface area contributed by atoms with Gasteiger partial charge in [0.05, 0.1) is 13.2 Å². The summed E-state index contributed by atoms with van der Waals surface area (Å²) in [5.41, 5.74) is 0.970. The second-order valence-corrected chi connectivity index (χ2v) is 9.99. The van der Waals surface area contributed by atoms with E-state index in [9.17, 15) is 0 Å². The minimum atomic E-state index is -2.85. The van der Waals surface area contributed by atoms with Gasteiger partial charge in [-0.3, -0.25) is 9.05 Å². The van der Waals surface area contributed by atoms with E-state index in [2.05, 4.69) is 9.36 Å². The van der Waals surface area contributed by atoms with Crippen LogP contribution in [0.1, 0.15) is 19.4 Å². The molecule has 1 heterocycles. The number of nitrogens with zero attached hydrogens (tertiary/aromatic N) is 2. The Labute approximate surface area is 164 Å². The van der Waals surface area contributed by atoms with Gasteiger partial charge in [-0.15, -0.1) is 4.37 Å². The minimum absolute atomic E-state index is 0.176. The fourth-order valence-corrected chi connectivity index (χ4v) is 5.64. The van der Waals surface area contributed by atoms with E-state index < -0.39 is 6.72 Å². The van der Waals surface area contributed by atoms with Crippen LogP contribution in [0.3, 0.4) is 0 Å². The van der Waals surface area contributed by atoms with Gasteiger partial charge in [0.1, 0.15) is 0 Å². The summed E-state index contributed by atoms with van der Waals surface area (Å²) in [4.78, 5) is 4.30. The molecule has 0 radical (unpaired) electrons. The molecule has 0 N–H and O–H groups in total. The summed E-state index contributed by atoms with van der Waals surface area (Å²) >= 11 is 20.1. The Bertz CT molecular complexity index is 722. The first-order valence-corrected chi connectivity index (χ1v) is 12.0. The Morgan fingerprint density at radius 1 is 1.25 bits per heavy atom. The van der Waals surface area contributed by atoms with Crippen LogP contribution in [0.25, 0.3) is 0 Å². The van der Waals surface area contributed by atoms with Crippen molar-refractivity contribution >= 4 is 65.0 Å². The summed E-state index contributed by atoms with van der Waals surface area (Å²) in [7, 11) is 0. The number of hydrogen-bond acceptors (Lipinski definition) is 8. The molecule has 0 atom stereocenters. The standard InChI is InChI=1S/C13H15Cl2N2O3PS3/c1-3-18-21(22,19-4-2)20-12-16-13(24-17-12)23-8-9-5-6-10(14)7-11(9)15/h5-7H,3-4,8H2,1-2H3. The Hall–Kier alpha value is 0.0800. The lowest BCUT2D eigenvalue weighted by Gasteiger charge is -2.18. The molecular formula is C13H15Cl2N2O3PS3. The summed E-state index contributed by atoms with van der Waals surface area (Å²) < 4.78 is 21.3. The number of hydrogen-bond donors (Lipinski definition) is 0. The fourth-order valence-electron chi connectivity index (χ4n) is 1.58. The highest BCUT2D eigenvalue weighted by atomic mass is 35.5. The summed E-state index contributed by atoms with van der Waals surface area (Å²) in [5, 5.41) is 1.23. The maximum Gasteiger partial charge on any atom is 0.382 e. The molecule has 0 saturated carbocycles. The lowest BCUT2D eigenvalue weighted by molar-refractivity contribution is 0.214. The van der Waals surface area contributed by atoms with E-state index in [1.54, 1.807) is 12.1 Å². The molecule has 11 heteroatoms. The van der Waals surface area contributed by atoms with Gasteiger partial charge in [-0.2, -0.15) is 4.98 Å². The molecule has 5 nitrogen and oxygen atoms in total. The van der Waals surface area contributed by atoms with E-state index in [4.69, 9.17) is 48.6 Å². The van der Waals surface area contributed by atoms with Crippen LogP contribution in [0.4, 0.5) is 0 Å². The molecule has 0 unspecified atom stereocenters. The SMILES string of the molecule is CCOP(=S)(OCC)Oc1nsc(SCc2ccc(Cl)cc2Cl)n1. The highest BCUT2D eigenvalue weighted by Crippen LogP contribution is 2.49. The van der Waals surface area contributed by atoms with E-state index in [-0.39, 0.29) is 6.01 Å². The van der Waals surface area contributed by atoms with Gasteiger partial charge in [0.25, 0.3) is 0 Å². The van der Waals surface area contributed by atoms with Crippen molar-refractivity contribution in [3.63, 3.8) is 0 Å². The zero-order valence-electron chi connectivity index (χ0n) is 12.9. The number of aromatic nitrogens is 2. The minimum Gasteiger partial charge on any atom is -0.388 e. The number of rotatable bonds is 9. The van der Waals surface area contributed by atoms with E-state index in [1.807, 2.05) is 19.9 Å². The fraction of sp³-hybridized carbons (Fsp3) is 0.385. The van der Waals surface area contributed by atoms with Gasteiger partial charge < -0.3 is 4.52 Å². The Morgan fingerprint density at radius 2 is 1.96 bits per heavy atom. The number of halogens is 2. The van der Waals surface area contributed by atoms with Crippen molar-refractivity contribution in [3.05, 3.63) is 33.8 Å². The quantitative estimate of drug-likeness (QED) is 0.356. The zero-order valence-corrected chi connectivity index (χ0v) is 17.8. The van der Waals surface area contributed by atoms with Crippen molar-refractivity contribution in [2.75, 3.05) is 13.2 Å². The Balaban J connectivity index is 1.98. The highest BCUT2D eigenvalue weighted by molar-refractivity contribution is 8.07. The molecule has 24 heavy (non-hydrogen) atoms. The topological polar surface area (TPSA) is 53.5 Å². The summed E-state index contributed by atoms with van der Waals surface area (Å²) in [6.07, 6.45) is 0. The highest BCUT2D eigenvalue weighted by Gasteiger charge is 2.23. The molecule has 0 aliphatic rings. The van der Waals surface area contributed by atoms with E-state index >= 15 is 0 Å². The third-order valence-electron chi connectivity index (χ3n) is 2.52. The molecule has 0 saturated heterocycles. The summed E-state index contributed by atoms with van der Waals surface area (Å²) in [5.74, 6) is 0.649. The number of thioether (sulfide) groups is 1. The molecule has 2 aromatic rings. The maximum atomic E-state index is 6.16. The van der Waals surface area contributed by atoms with Crippen molar-refractivity contribution in [1.29, 1.82) is 0 Å². The molecule has 1 aromatic heterocycles. The lowest BCUT2D eigenvalue weighted by atomic mass is 10.2. The Morgan fingerprint density at radius 3 is 2.58 bits per heavy atom. The van der Waals surface area contributed by atoms with Crippen molar-refractivity contribution < 1.29 is 13.6 Å². The molecule has 1 aromatic carbocycles. The number of benzene rings is 1. The van der Waals surface area contributed by atoms with Crippen LogP contribution in [0.2, 0.25) is 10.0 Å². The normalized spacial score (nSPS) is 11.7. The van der Waals surface area contributed by atoms with Crippen molar-refractivity contribution in [2.24, 2.45) is 0 Å². The molecule has 0 aliphatic heterocycles. The largest absolute Gasteiger partial charge is 0.388 e. The van der Waals surface area contributed by atoms with Crippen LogP contribution in [0, 0.1) is 0 Å². The second-order valence-electron chi connectivity index (χ2n) is 4.24. The van der Waals surface area contributed by atoms with Gasteiger partial charge in [-0.1, -0.05) is 41.0 Å². The Kier molecular flexibility index (Phi) is 8.23. The van der Waals surface area contributed by atoms with Crippen LogP contribution in [0.15, 0.2) is 22.5 Å². The van der Waals surface area contributed by atoms with E-state index in [1.165, 1.54) is 23.3 Å². The first-order valence-electron chi connectivity index (χ1n) is 6.95. The molecule has 0 spiro atoms. The molecule has 0 fully saturated rings. The van der Waals surface area contributed by atoms with Gasteiger partial charge in [0.15, 0.2) is 4.34 Å². The lowest BCUT2D eigenvalue weighted by Crippen LogP contribution is -2.02. The van der Waals surface area contributed by atoms with Gasteiger partial charge in [-0.25, -0.2) is 0 Å². The van der Waals surface area contributed by atoms with Gasteiger partial charge in [-0.05, 0) is 43.1 Å². The summed E-state index contributed by atoms with van der Waals surface area (Å²) in [6, 6.07) is 5.58. The zero-order chi connectivity index (χ0) is 17.6. The van der Waals surface area contributed by atoms with Crippen molar-refractivity contribution in [2.45, 2.75) is 23.9 Å². The van der Waals surface area contributed by atoms with Gasteiger partial charge in [0.2, 0.25) is 0 Å². The third kappa shape index (κ3) is 6.11. The second kappa shape index (κ2) is 9.69. The van der Waals surface area contributed by atoms with Crippen LogP contribution >= 0.6 is 53.2 Å². The van der Waals surface area contributed by atoms with Crippen LogP contribution in [0.5, 0.6) is 6.01 Å². The van der Waals surface area contributed by atoms with Crippen LogP contribution in [-0.2, 0) is 26.6 Å². The smallest absolute Gasteiger partial charge is 0.382 e. The van der Waals surface area contributed by atoms with Crippen molar-refractivity contribution in [1.82, 2.24) is 9.36 Å². The molecule has 0 bridgehead atoms. The maximum absolute atomic E-state index is 6.16. The molecule has 2 rings (SSSR count). The average molecular weight is 445 g/mol. The first kappa shape index (κ1) is 20.4. The van der Waals surface area contributed by atoms with E-state index in [0.717, 1.165) is 9.90 Å². The molecule has 132 valence electrons. The predicted octanol–water partition coefficient (Wildman–Crippen LogP) is 5.81. The molecule has 0 aliphatic carbocycles. The van der Waals surface area contributed by atoms with Crippen LogP contribution in [-0.4, -0.2) is 22.6 Å². The predicted molar refractivity (Wildman–Crippen MR) is 104 cm³/mol. The monoisotopic (exact) mass is 444 g/mol. The first-order chi connectivity index (χ1) is 11.5. The molecular weight excluding hydrogens is 430 g/mol. The van der Waals surface area contributed by atoms with E-state index in [0.29, 0.717) is 29.0 Å². The third-order valence-corrected chi connectivity index (χ3v) is 7.37. The van der Waals surface area contributed by atoms with Gasteiger partial charge in [0, 0.05) is 27.6 Å². The van der Waals surface area contributed by atoms with Gasteiger partial charge >= 0.3 is 12.7 Å². The summed E-state index contributed by atoms with van der Waals surface area (Å²) in [6.45, 7) is 1.61. The average Bonchev–Trinajstić information content (AvgIpc) is 2.94. The molecule has 0 amide bonds. The van der Waals surface area contributed by atoms with Crippen molar-refractivity contribution in [3.8, 4) is 6.01 Å².